The Bertz CT molecular complexity index is 1080. The molecule has 10 heteroatoms. The molecule has 0 radical (unpaired) electrons. The fourth-order valence-corrected chi connectivity index (χ4v) is 4.35. The highest BCUT2D eigenvalue weighted by Crippen LogP contribution is 2.35. The van der Waals surface area contributed by atoms with E-state index < -0.39 is 41.9 Å². The summed E-state index contributed by atoms with van der Waals surface area (Å²) in [6.45, 7) is 1.73. The molecule has 31 heavy (non-hydrogen) atoms. The summed E-state index contributed by atoms with van der Waals surface area (Å²) in [5, 5.41) is 14.2. The normalized spacial score (nSPS) is 23.5. The summed E-state index contributed by atoms with van der Waals surface area (Å²) in [6.07, 6.45) is 1.72. The van der Waals surface area contributed by atoms with Gasteiger partial charge in [0.1, 0.15) is 22.3 Å². The third-order valence-corrected chi connectivity index (χ3v) is 6.01. The molecule has 4 N–H and O–H groups in total. The van der Waals surface area contributed by atoms with Crippen molar-refractivity contribution in [2.45, 2.75) is 37.7 Å². The number of benzene rings is 1. The Balaban J connectivity index is 1.56. The van der Waals surface area contributed by atoms with Gasteiger partial charge in [0.05, 0.1) is 35.8 Å². The maximum Gasteiger partial charge on any atom is 0.275 e. The summed E-state index contributed by atoms with van der Waals surface area (Å²) >= 11 is 0.966. The first kappa shape index (κ1) is 21.4. The van der Waals surface area contributed by atoms with E-state index in [9.17, 15) is 18.7 Å². The lowest BCUT2D eigenvalue weighted by Crippen LogP contribution is -2.48. The Morgan fingerprint density at radius 1 is 1.32 bits per heavy atom. The SMILES string of the molecule is C[C@H]1O[C@@H](c2ccncc2NC(=O)c2csc(-c3c(F)cccc3F)n2)C[C@@H](N)[C@@H]1O. The van der Waals surface area contributed by atoms with E-state index >= 15 is 0 Å². The first-order valence-corrected chi connectivity index (χ1v) is 10.5. The van der Waals surface area contributed by atoms with Crippen molar-refractivity contribution < 1.29 is 23.4 Å². The average Bonchev–Trinajstić information content (AvgIpc) is 3.22. The summed E-state index contributed by atoms with van der Waals surface area (Å²) in [5.41, 5.74) is 6.83. The lowest BCUT2D eigenvalue weighted by molar-refractivity contribution is -0.119. The van der Waals surface area contributed by atoms with Crippen molar-refractivity contribution in [3.8, 4) is 10.6 Å². The van der Waals surface area contributed by atoms with Crippen LogP contribution in [0.2, 0.25) is 0 Å². The van der Waals surface area contributed by atoms with Crippen LogP contribution >= 0.6 is 11.3 Å². The van der Waals surface area contributed by atoms with Crippen LogP contribution in [0.3, 0.4) is 0 Å². The van der Waals surface area contributed by atoms with E-state index in [1.165, 1.54) is 17.6 Å². The summed E-state index contributed by atoms with van der Waals surface area (Å²) in [4.78, 5) is 20.9. The maximum absolute atomic E-state index is 14.0. The molecular formula is C21H20F2N4O3S. The number of pyridine rings is 1. The molecule has 4 rings (SSSR count). The summed E-state index contributed by atoms with van der Waals surface area (Å²) in [5.74, 6) is -2.06. The molecule has 1 saturated heterocycles. The fourth-order valence-electron chi connectivity index (χ4n) is 3.50. The zero-order chi connectivity index (χ0) is 22.1. The number of anilines is 1. The molecule has 3 heterocycles. The monoisotopic (exact) mass is 446 g/mol. The van der Waals surface area contributed by atoms with Gasteiger partial charge in [-0.05, 0) is 31.5 Å². The molecule has 0 unspecified atom stereocenters. The predicted octanol–water partition coefficient (Wildman–Crippen LogP) is 3.27. The lowest BCUT2D eigenvalue weighted by Gasteiger charge is -2.36. The number of ether oxygens (including phenoxy) is 1. The van der Waals surface area contributed by atoms with Crippen LogP contribution in [0, 0.1) is 11.6 Å². The van der Waals surface area contributed by atoms with E-state index in [0.717, 1.165) is 23.5 Å². The molecule has 2 aromatic heterocycles. The van der Waals surface area contributed by atoms with Gasteiger partial charge < -0.3 is 20.9 Å². The Morgan fingerprint density at radius 3 is 2.77 bits per heavy atom. The van der Waals surface area contributed by atoms with Crippen LogP contribution in [-0.4, -0.2) is 39.2 Å². The zero-order valence-corrected chi connectivity index (χ0v) is 17.3. The minimum atomic E-state index is -0.775. The number of halogens is 2. The van der Waals surface area contributed by atoms with Gasteiger partial charge in [-0.25, -0.2) is 13.8 Å². The first-order chi connectivity index (χ1) is 14.8. The lowest BCUT2D eigenvalue weighted by atomic mass is 9.93. The van der Waals surface area contributed by atoms with E-state index in [1.807, 2.05) is 0 Å². The number of carbonyl (C=O) groups is 1. The third kappa shape index (κ3) is 4.33. The van der Waals surface area contributed by atoms with Crippen LogP contribution in [-0.2, 0) is 4.74 Å². The molecule has 1 aliphatic heterocycles. The van der Waals surface area contributed by atoms with Crippen molar-refractivity contribution in [2.75, 3.05) is 5.32 Å². The van der Waals surface area contributed by atoms with Crippen LogP contribution in [0.25, 0.3) is 10.6 Å². The number of aliphatic hydroxyl groups is 1. The molecule has 7 nitrogen and oxygen atoms in total. The van der Waals surface area contributed by atoms with Crippen LogP contribution < -0.4 is 11.1 Å². The van der Waals surface area contributed by atoms with Gasteiger partial charge in [0.2, 0.25) is 0 Å². The number of carbonyl (C=O) groups excluding carboxylic acids is 1. The number of hydrogen-bond acceptors (Lipinski definition) is 7. The standard InChI is InChI=1S/C21H20F2N4O3S/c1-10-19(28)14(24)7-17(30-10)11-5-6-25-8-15(11)26-20(29)16-9-31-21(27-16)18-12(22)3-2-4-13(18)23/h2-6,8-10,14,17,19,28H,7,24H2,1H3,(H,26,29)/t10-,14-,17-,19-/m1/s1. The summed E-state index contributed by atoms with van der Waals surface area (Å²) in [6, 6.07) is 4.77. The van der Waals surface area contributed by atoms with Crippen LogP contribution in [0.5, 0.6) is 0 Å². The highest BCUT2D eigenvalue weighted by molar-refractivity contribution is 7.13. The van der Waals surface area contributed by atoms with Crippen molar-refractivity contribution in [3.05, 3.63) is 64.9 Å². The molecule has 0 bridgehead atoms. The summed E-state index contributed by atoms with van der Waals surface area (Å²) < 4.78 is 33.9. The number of thiazole rings is 1. The maximum atomic E-state index is 14.0. The number of nitrogens with zero attached hydrogens (tertiary/aromatic N) is 2. The van der Waals surface area contributed by atoms with Gasteiger partial charge in [-0.1, -0.05) is 6.07 Å². The number of nitrogens with one attached hydrogen (secondary N) is 1. The highest BCUT2D eigenvalue weighted by Gasteiger charge is 2.34. The number of aromatic nitrogens is 2. The number of nitrogens with two attached hydrogens (primary N) is 1. The van der Waals surface area contributed by atoms with Crippen LogP contribution in [0.1, 0.15) is 35.5 Å². The Labute approximate surface area is 180 Å². The first-order valence-electron chi connectivity index (χ1n) is 9.59. The van der Waals surface area contributed by atoms with Gasteiger partial charge in [-0.15, -0.1) is 11.3 Å². The molecule has 1 aliphatic rings. The largest absolute Gasteiger partial charge is 0.389 e. The highest BCUT2D eigenvalue weighted by atomic mass is 32.1. The van der Waals surface area contributed by atoms with Crippen molar-refractivity contribution in [1.82, 2.24) is 9.97 Å². The minimum absolute atomic E-state index is 0.0162. The van der Waals surface area contributed by atoms with Gasteiger partial charge >= 0.3 is 0 Å². The second kappa shape index (κ2) is 8.75. The minimum Gasteiger partial charge on any atom is -0.389 e. The number of amides is 1. The molecule has 162 valence electrons. The second-order valence-electron chi connectivity index (χ2n) is 7.27. The second-order valence-corrected chi connectivity index (χ2v) is 8.13. The predicted molar refractivity (Wildman–Crippen MR) is 112 cm³/mol. The number of rotatable bonds is 4. The van der Waals surface area contributed by atoms with E-state index in [-0.39, 0.29) is 16.3 Å². The average molecular weight is 446 g/mol. The number of hydrogen-bond donors (Lipinski definition) is 3. The summed E-state index contributed by atoms with van der Waals surface area (Å²) in [7, 11) is 0. The molecular weight excluding hydrogens is 426 g/mol. The van der Waals surface area contributed by atoms with Gasteiger partial charge in [0, 0.05) is 23.2 Å². The van der Waals surface area contributed by atoms with E-state index in [2.05, 4.69) is 15.3 Å². The molecule has 1 amide bonds. The Morgan fingerprint density at radius 2 is 2.06 bits per heavy atom. The van der Waals surface area contributed by atoms with Crippen LogP contribution in [0.15, 0.2) is 42.0 Å². The fraction of sp³-hybridized carbons (Fsp3) is 0.286. The zero-order valence-electron chi connectivity index (χ0n) is 16.5. The van der Waals surface area contributed by atoms with E-state index in [4.69, 9.17) is 10.5 Å². The Hall–Kier alpha value is -2.79. The van der Waals surface area contributed by atoms with Gasteiger partial charge in [-0.3, -0.25) is 9.78 Å². The van der Waals surface area contributed by atoms with Crippen molar-refractivity contribution in [2.24, 2.45) is 5.73 Å². The van der Waals surface area contributed by atoms with Crippen molar-refractivity contribution in [1.29, 1.82) is 0 Å². The van der Waals surface area contributed by atoms with Crippen LogP contribution in [0.4, 0.5) is 14.5 Å². The van der Waals surface area contributed by atoms with E-state index in [1.54, 1.807) is 19.2 Å². The molecule has 0 aliphatic carbocycles. The smallest absolute Gasteiger partial charge is 0.275 e. The van der Waals surface area contributed by atoms with Gasteiger partial charge in [0.15, 0.2) is 0 Å². The number of aliphatic hydroxyl groups excluding tert-OH is 1. The molecule has 4 atom stereocenters. The topological polar surface area (TPSA) is 110 Å². The quantitative estimate of drug-likeness (QED) is 0.567. The van der Waals surface area contributed by atoms with E-state index in [0.29, 0.717) is 17.7 Å². The van der Waals surface area contributed by atoms with Crippen molar-refractivity contribution >= 4 is 22.9 Å². The third-order valence-electron chi connectivity index (χ3n) is 5.15. The van der Waals surface area contributed by atoms with Gasteiger partial charge in [0.25, 0.3) is 5.91 Å². The molecule has 3 aromatic rings. The Kier molecular flexibility index (Phi) is 6.05. The van der Waals surface area contributed by atoms with Crippen molar-refractivity contribution in [3.63, 3.8) is 0 Å². The molecule has 1 aromatic carbocycles. The molecule has 0 saturated carbocycles. The van der Waals surface area contributed by atoms with Gasteiger partial charge in [-0.2, -0.15) is 0 Å². The molecule has 1 fully saturated rings. The molecule has 0 spiro atoms.